The Kier molecular flexibility index (Phi) is 6.00. The zero-order chi connectivity index (χ0) is 26.4. The van der Waals surface area contributed by atoms with Crippen LogP contribution in [0.4, 0.5) is 24.9 Å². The molecule has 2 atom stereocenters. The first kappa shape index (κ1) is 24.3. The number of hydrogen-bond donors (Lipinski definition) is 2. The molecule has 0 saturated carbocycles. The molecule has 0 radical (unpaired) electrons. The van der Waals surface area contributed by atoms with Gasteiger partial charge in [0.05, 0.1) is 31.0 Å². The highest BCUT2D eigenvalue weighted by atomic mass is 19.3. The maximum Gasteiger partial charge on any atom is 0.258 e. The van der Waals surface area contributed by atoms with Gasteiger partial charge in [-0.1, -0.05) is 5.21 Å². The molecule has 0 spiro atoms. The summed E-state index contributed by atoms with van der Waals surface area (Å²) in [6, 6.07) is 6.95. The van der Waals surface area contributed by atoms with E-state index in [1.54, 1.807) is 36.0 Å². The summed E-state index contributed by atoms with van der Waals surface area (Å²) in [4.78, 5) is 11.0. The Balaban J connectivity index is 1.27. The third kappa shape index (κ3) is 4.05. The van der Waals surface area contributed by atoms with Crippen molar-refractivity contribution in [3.63, 3.8) is 0 Å². The second-order valence-corrected chi connectivity index (χ2v) is 9.40. The number of pyridine rings is 1. The second-order valence-electron chi connectivity index (χ2n) is 9.40. The SMILES string of the molecule is CNc1nc(N[C@H]2CCN(C3(C#N)COC3)C[C@H]2F)nn2ccc(-c3ccc4nnn(CC(F)F)c4n3)c12. The normalized spacial score (nSPS) is 21.5. The lowest BCUT2D eigenvalue weighted by Gasteiger charge is -2.48. The van der Waals surface area contributed by atoms with Gasteiger partial charge in [-0.15, -0.1) is 10.2 Å². The zero-order valence-corrected chi connectivity index (χ0v) is 20.4. The van der Waals surface area contributed by atoms with Crippen LogP contribution in [-0.4, -0.2) is 97.0 Å². The number of halogens is 3. The van der Waals surface area contributed by atoms with Crippen LogP contribution in [-0.2, 0) is 11.3 Å². The smallest absolute Gasteiger partial charge is 0.258 e. The molecule has 6 heterocycles. The van der Waals surface area contributed by atoms with Crippen LogP contribution < -0.4 is 10.6 Å². The van der Waals surface area contributed by atoms with E-state index < -0.39 is 30.7 Å². The summed E-state index contributed by atoms with van der Waals surface area (Å²) in [5, 5.41) is 27.9. The summed E-state index contributed by atoms with van der Waals surface area (Å²) in [5.41, 5.74) is 1.72. The van der Waals surface area contributed by atoms with Gasteiger partial charge in [-0.25, -0.2) is 27.4 Å². The van der Waals surface area contributed by atoms with Gasteiger partial charge in [0.2, 0.25) is 5.95 Å². The zero-order valence-electron chi connectivity index (χ0n) is 20.4. The Morgan fingerprint density at radius 1 is 1.26 bits per heavy atom. The molecule has 12 nitrogen and oxygen atoms in total. The van der Waals surface area contributed by atoms with Gasteiger partial charge in [0.1, 0.15) is 23.7 Å². The number of alkyl halides is 3. The molecule has 198 valence electrons. The quantitative estimate of drug-likeness (QED) is 0.367. The maximum absolute atomic E-state index is 15.1. The molecule has 15 heteroatoms. The number of ether oxygens (including phenoxy) is 1. The predicted molar refractivity (Wildman–Crippen MR) is 131 cm³/mol. The van der Waals surface area contributed by atoms with E-state index in [9.17, 15) is 14.0 Å². The fourth-order valence-corrected chi connectivity index (χ4v) is 4.96. The van der Waals surface area contributed by atoms with Crippen molar-refractivity contribution in [3.05, 3.63) is 24.4 Å². The van der Waals surface area contributed by atoms with Gasteiger partial charge in [0.25, 0.3) is 6.43 Å². The van der Waals surface area contributed by atoms with Gasteiger partial charge < -0.3 is 15.4 Å². The van der Waals surface area contributed by atoms with E-state index in [-0.39, 0.29) is 18.1 Å². The molecule has 0 amide bonds. The van der Waals surface area contributed by atoms with E-state index in [4.69, 9.17) is 4.74 Å². The third-order valence-corrected chi connectivity index (χ3v) is 7.05. The number of likely N-dealkylation sites (tertiary alicyclic amines) is 1. The Bertz CT molecular complexity index is 1530. The van der Waals surface area contributed by atoms with E-state index in [0.717, 1.165) is 4.68 Å². The molecule has 2 fully saturated rings. The molecular formula is C23H24F3N11O. The first-order valence-electron chi connectivity index (χ1n) is 12.1. The highest BCUT2D eigenvalue weighted by molar-refractivity contribution is 5.89. The summed E-state index contributed by atoms with van der Waals surface area (Å²) >= 11 is 0. The molecule has 4 aromatic heterocycles. The Labute approximate surface area is 214 Å². The largest absolute Gasteiger partial charge is 0.375 e. The Hall–Kier alpha value is -4.03. The summed E-state index contributed by atoms with van der Waals surface area (Å²) in [7, 11) is 1.71. The summed E-state index contributed by atoms with van der Waals surface area (Å²) < 4.78 is 48.9. The predicted octanol–water partition coefficient (Wildman–Crippen LogP) is 1.96. The number of nitrogens with one attached hydrogen (secondary N) is 2. The van der Waals surface area contributed by atoms with Crippen LogP contribution in [0.1, 0.15) is 6.42 Å². The number of piperidine rings is 1. The highest BCUT2D eigenvalue weighted by Crippen LogP contribution is 2.32. The van der Waals surface area contributed by atoms with Crippen molar-refractivity contribution in [3.8, 4) is 17.3 Å². The molecule has 2 aliphatic rings. The van der Waals surface area contributed by atoms with Crippen LogP contribution in [0.5, 0.6) is 0 Å². The lowest BCUT2D eigenvalue weighted by molar-refractivity contribution is -0.121. The van der Waals surface area contributed by atoms with E-state index in [1.807, 2.05) is 4.90 Å². The fourth-order valence-electron chi connectivity index (χ4n) is 4.96. The Morgan fingerprint density at radius 3 is 2.79 bits per heavy atom. The van der Waals surface area contributed by atoms with E-state index in [0.29, 0.717) is 54.3 Å². The number of hydrogen-bond acceptors (Lipinski definition) is 10. The minimum absolute atomic E-state index is 0.120. The molecule has 4 aromatic rings. The molecular weight excluding hydrogens is 503 g/mol. The average molecular weight is 528 g/mol. The maximum atomic E-state index is 15.1. The van der Waals surface area contributed by atoms with Crippen molar-refractivity contribution in [2.24, 2.45) is 0 Å². The van der Waals surface area contributed by atoms with Gasteiger partial charge in [0.15, 0.2) is 17.0 Å². The lowest BCUT2D eigenvalue weighted by atomic mass is 9.92. The van der Waals surface area contributed by atoms with Crippen LogP contribution in [0, 0.1) is 11.3 Å². The number of fused-ring (bicyclic) bond motifs is 2. The van der Waals surface area contributed by atoms with Crippen molar-refractivity contribution in [1.29, 1.82) is 5.26 Å². The molecule has 0 unspecified atom stereocenters. The summed E-state index contributed by atoms with van der Waals surface area (Å²) in [6.45, 7) is 0.650. The first-order chi connectivity index (χ1) is 18.4. The van der Waals surface area contributed by atoms with Gasteiger partial charge in [0, 0.05) is 31.9 Å². The molecule has 0 aliphatic carbocycles. The number of aromatic nitrogens is 7. The van der Waals surface area contributed by atoms with Gasteiger partial charge >= 0.3 is 0 Å². The van der Waals surface area contributed by atoms with Crippen molar-refractivity contribution in [1.82, 2.24) is 39.5 Å². The van der Waals surface area contributed by atoms with E-state index >= 15 is 4.39 Å². The topological polar surface area (TPSA) is 134 Å². The van der Waals surface area contributed by atoms with E-state index in [1.165, 1.54) is 0 Å². The van der Waals surface area contributed by atoms with Crippen LogP contribution >= 0.6 is 0 Å². The monoisotopic (exact) mass is 527 g/mol. The van der Waals surface area contributed by atoms with Gasteiger partial charge in [-0.05, 0) is 24.6 Å². The lowest BCUT2D eigenvalue weighted by Crippen LogP contribution is -2.65. The number of nitrogens with zero attached hydrogens (tertiary/aromatic N) is 9. The molecule has 2 aliphatic heterocycles. The van der Waals surface area contributed by atoms with Crippen LogP contribution in [0.3, 0.4) is 0 Å². The fraction of sp³-hybridized carbons (Fsp3) is 0.478. The summed E-state index contributed by atoms with van der Waals surface area (Å²) in [6.07, 6.45) is -1.62. The van der Waals surface area contributed by atoms with Crippen molar-refractivity contribution in [2.75, 3.05) is 44.0 Å². The number of anilines is 2. The molecule has 2 N–H and O–H groups in total. The number of rotatable bonds is 7. The van der Waals surface area contributed by atoms with Gasteiger partial charge in [-0.2, -0.15) is 10.2 Å². The van der Waals surface area contributed by atoms with E-state index in [2.05, 4.69) is 42.1 Å². The highest BCUT2D eigenvalue weighted by Gasteiger charge is 2.48. The molecule has 0 aromatic carbocycles. The first-order valence-corrected chi connectivity index (χ1v) is 12.1. The minimum Gasteiger partial charge on any atom is -0.375 e. The minimum atomic E-state index is -2.59. The van der Waals surface area contributed by atoms with Crippen LogP contribution in [0.25, 0.3) is 27.9 Å². The molecule has 0 bridgehead atoms. The number of nitriles is 1. The molecule has 6 rings (SSSR count). The van der Waals surface area contributed by atoms with Crippen molar-refractivity contribution < 1.29 is 17.9 Å². The van der Waals surface area contributed by atoms with Crippen molar-refractivity contribution >= 4 is 28.4 Å². The van der Waals surface area contributed by atoms with Crippen LogP contribution in [0.15, 0.2) is 24.4 Å². The second kappa shape index (κ2) is 9.37. The summed E-state index contributed by atoms with van der Waals surface area (Å²) in [5.74, 6) is 0.723. The standard InChI is InChI=1S/C23H24F3N11O/c1-28-20-19-13(15-2-3-17-21(29-15)37(34-32-17)9-18(25)26)4-7-36(19)33-22(31-20)30-16-5-6-35(8-14(16)24)23(10-27)11-38-12-23/h2-4,7,14,16,18H,5-6,8-9,11-12H2,1H3,(H2,28,30,31,33)/t14-,16+/m1/s1. The molecule has 38 heavy (non-hydrogen) atoms. The van der Waals surface area contributed by atoms with Crippen molar-refractivity contribution in [2.45, 2.75) is 37.1 Å². The van der Waals surface area contributed by atoms with Crippen LogP contribution in [0.2, 0.25) is 0 Å². The Morgan fingerprint density at radius 2 is 2.11 bits per heavy atom. The third-order valence-electron chi connectivity index (χ3n) is 7.05. The average Bonchev–Trinajstić information content (AvgIpc) is 3.48. The van der Waals surface area contributed by atoms with Gasteiger partial charge in [-0.3, -0.25) is 4.90 Å². The molecule has 2 saturated heterocycles.